The van der Waals surface area contributed by atoms with Gasteiger partial charge in [0.25, 0.3) is 0 Å². The highest BCUT2D eigenvalue weighted by Gasteiger charge is 2.00. The molecular formula is C10H13ClS. The number of aryl methyl sites for hydroxylation is 1. The van der Waals surface area contributed by atoms with E-state index < -0.39 is 0 Å². The molecule has 1 atom stereocenters. The van der Waals surface area contributed by atoms with E-state index in [9.17, 15) is 0 Å². The average Bonchev–Trinajstić information content (AvgIpc) is 2.03. The number of hydrogen-bond acceptors (Lipinski definition) is 1. The van der Waals surface area contributed by atoms with E-state index in [1.165, 1.54) is 5.56 Å². The van der Waals surface area contributed by atoms with Gasteiger partial charge < -0.3 is 0 Å². The molecule has 0 heterocycles. The topological polar surface area (TPSA) is 0 Å². The van der Waals surface area contributed by atoms with E-state index >= 15 is 0 Å². The van der Waals surface area contributed by atoms with Gasteiger partial charge in [0.05, 0.1) is 0 Å². The molecule has 66 valence electrons. The van der Waals surface area contributed by atoms with Crippen LogP contribution >= 0.6 is 24.2 Å². The highest BCUT2D eigenvalue weighted by Crippen LogP contribution is 2.17. The lowest BCUT2D eigenvalue weighted by Crippen LogP contribution is -1.94. The summed E-state index contributed by atoms with van der Waals surface area (Å²) in [7, 11) is 0. The molecule has 1 rings (SSSR count). The van der Waals surface area contributed by atoms with Gasteiger partial charge in [-0.25, -0.2) is 0 Å². The van der Waals surface area contributed by atoms with Crippen molar-refractivity contribution in [3.05, 3.63) is 34.9 Å². The fraction of sp³-hybridized carbons (Fsp3) is 0.400. The number of rotatable bonds is 3. The molecule has 0 nitrogen and oxygen atoms in total. The number of hydrogen-bond donors (Lipinski definition) is 1. The zero-order valence-corrected chi connectivity index (χ0v) is 8.78. The Bertz CT molecular complexity index is 245. The lowest BCUT2D eigenvalue weighted by molar-refractivity contribution is 0.816. The van der Waals surface area contributed by atoms with Gasteiger partial charge in [0.15, 0.2) is 0 Å². The zero-order valence-electron chi connectivity index (χ0n) is 7.13. The van der Waals surface area contributed by atoms with E-state index in [4.69, 9.17) is 11.6 Å². The molecule has 0 aromatic heterocycles. The Morgan fingerprint density at radius 2 is 2.08 bits per heavy atom. The van der Waals surface area contributed by atoms with Crippen LogP contribution in [0.5, 0.6) is 0 Å². The number of halogens is 1. The van der Waals surface area contributed by atoms with Crippen molar-refractivity contribution in [3.63, 3.8) is 0 Å². The van der Waals surface area contributed by atoms with Crippen molar-refractivity contribution < 1.29 is 0 Å². The summed E-state index contributed by atoms with van der Waals surface area (Å²) in [4.78, 5) is 0. The minimum Gasteiger partial charge on any atom is -0.176 e. The molecule has 0 aliphatic carbocycles. The molecule has 0 radical (unpaired) electrons. The van der Waals surface area contributed by atoms with Crippen LogP contribution in [-0.2, 0) is 6.42 Å². The van der Waals surface area contributed by atoms with E-state index in [1.54, 1.807) is 0 Å². The van der Waals surface area contributed by atoms with Gasteiger partial charge in [0, 0.05) is 5.02 Å². The van der Waals surface area contributed by atoms with Crippen molar-refractivity contribution in [2.45, 2.75) is 25.0 Å². The van der Waals surface area contributed by atoms with Crippen LogP contribution < -0.4 is 0 Å². The highest BCUT2D eigenvalue weighted by atomic mass is 35.5. The van der Waals surface area contributed by atoms with E-state index in [1.807, 2.05) is 18.2 Å². The van der Waals surface area contributed by atoms with Gasteiger partial charge in [-0.05, 0) is 29.7 Å². The molecule has 1 aromatic rings. The first-order valence-corrected chi connectivity index (χ1v) is 5.01. The molecule has 0 bridgehead atoms. The fourth-order valence-corrected chi connectivity index (χ4v) is 1.42. The summed E-state index contributed by atoms with van der Waals surface area (Å²) in [6, 6.07) is 7.97. The second kappa shape index (κ2) is 4.78. The third-order valence-electron chi connectivity index (χ3n) is 1.79. The van der Waals surface area contributed by atoms with E-state index in [-0.39, 0.29) is 0 Å². The monoisotopic (exact) mass is 200 g/mol. The Kier molecular flexibility index (Phi) is 3.96. The van der Waals surface area contributed by atoms with Gasteiger partial charge in [-0.1, -0.05) is 36.7 Å². The Hall–Kier alpha value is -0.140. The SMILES string of the molecule is CC(S)CCc1ccccc1Cl. The molecule has 12 heavy (non-hydrogen) atoms. The van der Waals surface area contributed by atoms with Gasteiger partial charge in [0.1, 0.15) is 0 Å². The van der Waals surface area contributed by atoms with E-state index in [0.29, 0.717) is 5.25 Å². The first-order valence-electron chi connectivity index (χ1n) is 4.11. The van der Waals surface area contributed by atoms with Crippen molar-refractivity contribution in [1.82, 2.24) is 0 Å². The maximum absolute atomic E-state index is 5.98. The van der Waals surface area contributed by atoms with Crippen LogP contribution in [-0.4, -0.2) is 5.25 Å². The summed E-state index contributed by atoms with van der Waals surface area (Å²) in [6.45, 7) is 2.10. The van der Waals surface area contributed by atoms with Crippen molar-refractivity contribution >= 4 is 24.2 Å². The van der Waals surface area contributed by atoms with Crippen molar-refractivity contribution in [3.8, 4) is 0 Å². The summed E-state index contributed by atoms with van der Waals surface area (Å²) in [5, 5.41) is 1.31. The summed E-state index contributed by atoms with van der Waals surface area (Å²) in [5.74, 6) is 0. The minimum absolute atomic E-state index is 0.446. The molecule has 0 amide bonds. The Morgan fingerprint density at radius 1 is 1.42 bits per heavy atom. The molecule has 0 N–H and O–H groups in total. The maximum Gasteiger partial charge on any atom is 0.0437 e. The van der Waals surface area contributed by atoms with Gasteiger partial charge >= 0.3 is 0 Å². The van der Waals surface area contributed by atoms with Crippen LogP contribution in [0.2, 0.25) is 5.02 Å². The van der Waals surface area contributed by atoms with E-state index in [0.717, 1.165) is 17.9 Å². The van der Waals surface area contributed by atoms with Crippen LogP contribution in [0.15, 0.2) is 24.3 Å². The first kappa shape index (κ1) is 9.94. The molecule has 0 saturated heterocycles. The van der Waals surface area contributed by atoms with Crippen LogP contribution in [0.3, 0.4) is 0 Å². The molecule has 1 aromatic carbocycles. The van der Waals surface area contributed by atoms with Gasteiger partial charge in [-0.15, -0.1) is 0 Å². The molecular weight excluding hydrogens is 188 g/mol. The standard InChI is InChI=1S/C10H13ClS/c1-8(12)6-7-9-4-2-3-5-10(9)11/h2-5,8,12H,6-7H2,1H3. The third-order valence-corrected chi connectivity index (χ3v) is 2.42. The van der Waals surface area contributed by atoms with Crippen LogP contribution in [0, 0.1) is 0 Å². The lowest BCUT2D eigenvalue weighted by Gasteiger charge is -2.05. The Balaban J connectivity index is 2.57. The van der Waals surface area contributed by atoms with Gasteiger partial charge in [-0.3, -0.25) is 0 Å². The van der Waals surface area contributed by atoms with Crippen molar-refractivity contribution in [1.29, 1.82) is 0 Å². The van der Waals surface area contributed by atoms with Crippen LogP contribution in [0.4, 0.5) is 0 Å². The predicted molar refractivity (Wildman–Crippen MR) is 58.2 cm³/mol. The van der Waals surface area contributed by atoms with Crippen molar-refractivity contribution in [2.24, 2.45) is 0 Å². The molecule has 0 aliphatic heterocycles. The molecule has 0 spiro atoms. The Labute approximate surface area is 84.3 Å². The molecule has 2 heteroatoms. The second-order valence-electron chi connectivity index (χ2n) is 2.98. The quantitative estimate of drug-likeness (QED) is 0.709. The average molecular weight is 201 g/mol. The number of benzene rings is 1. The number of thiol groups is 1. The van der Waals surface area contributed by atoms with Crippen LogP contribution in [0.25, 0.3) is 0 Å². The zero-order chi connectivity index (χ0) is 8.97. The van der Waals surface area contributed by atoms with Gasteiger partial charge in [0.2, 0.25) is 0 Å². The molecule has 1 unspecified atom stereocenters. The molecule has 0 fully saturated rings. The lowest BCUT2D eigenvalue weighted by atomic mass is 10.1. The van der Waals surface area contributed by atoms with Crippen molar-refractivity contribution in [2.75, 3.05) is 0 Å². The molecule has 0 aliphatic rings. The molecule has 0 saturated carbocycles. The Morgan fingerprint density at radius 3 is 2.67 bits per heavy atom. The summed E-state index contributed by atoms with van der Waals surface area (Å²) in [5.41, 5.74) is 1.22. The minimum atomic E-state index is 0.446. The third kappa shape index (κ3) is 3.08. The fourth-order valence-electron chi connectivity index (χ4n) is 1.07. The first-order chi connectivity index (χ1) is 5.70. The summed E-state index contributed by atoms with van der Waals surface area (Å²) < 4.78 is 0. The maximum atomic E-state index is 5.98. The summed E-state index contributed by atoms with van der Waals surface area (Å²) >= 11 is 10.3. The largest absolute Gasteiger partial charge is 0.176 e. The summed E-state index contributed by atoms with van der Waals surface area (Å²) in [6.07, 6.45) is 2.09. The smallest absolute Gasteiger partial charge is 0.0437 e. The normalized spacial score (nSPS) is 12.9. The van der Waals surface area contributed by atoms with Crippen LogP contribution in [0.1, 0.15) is 18.9 Å². The van der Waals surface area contributed by atoms with E-state index in [2.05, 4.69) is 25.6 Å². The predicted octanol–water partition coefficient (Wildman–Crippen LogP) is 3.59. The van der Waals surface area contributed by atoms with Gasteiger partial charge in [-0.2, -0.15) is 12.6 Å². The second-order valence-corrected chi connectivity index (χ2v) is 4.27. The highest BCUT2D eigenvalue weighted by molar-refractivity contribution is 7.80.